The Labute approximate surface area is 118 Å². The maximum Gasteiger partial charge on any atom is 0.335 e. The number of carboxylic acid groups (broad SMARTS) is 1. The monoisotopic (exact) mass is 277 g/mol. The fourth-order valence-electron chi connectivity index (χ4n) is 2.22. The van der Waals surface area contributed by atoms with Crippen LogP contribution in [0.25, 0.3) is 0 Å². The lowest BCUT2D eigenvalue weighted by molar-refractivity contribution is -0.117. The van der Waals surface area contributed by atoms with Crippen LogP contribution in [0.3, 0.4) is 0 Å². The second-order valence-corrected chi connectivity index (χ2v) is 5.58. The van der Waals surface area contributed by atoms with Crippen molar-refractivity contribution in [3.8, 4) is 0 Å². The first-order chi connectivity index (χ1) is 9.34. The van der Waals surface area contributed by atoms with Gasteiger partial charge in [-0.25, -0.2) is 4.79 Å². The first kappa shape index (κ1) is 14.5. The molecule has 1 heterocycles. The van der Waals surface area contributed by atoms with Gasteiger partial charge in [-0.1, -0.05) is 6.07 Å². The summed E-state index contributed by atoms with van der Waals surface area (Å²) in [6.45, 7) is 4.44. The van der Waals surface area contributed by atoms with E-state index in [0.717, 1.165) is 5.56 Å². The van der Waals surface area contributed by atoms with Gasteiger partial charge in [-0.15, -0.1) is 0 Å². The highest BCUT2D eigenvalue weighted by Gasteiger charge is 2.29. The molecule has 1 aliphatic rings. The minimum Gasteiger partial charge on any atom is -0.478 e. The molecular formula is C15H19NO4. The minimum absolute atomic E-state index is 0.00874. The number of carbonyl (C=O) groups is 2. The highest BCUT2D eigenvalue weighted by atomic mass is 16.5. The van der Waals surface area contributed by atoms with Crippen molar-refractivity contribution < 1.29 is 19.4 Å². The predicted molar refractivity (Wildman–Crippen MR) is 75.2 cm³/mol. The fourth-order valence-corrected chi connectivity index (χ4v) is 2.22. The Bertz CT molecular complexity index is 551. The van der Waals surface area contributed by atoms with Crippen molar-refractivity contribution in [3.63, 3.8) is 0 Å². The Kier molecular flexibility index (Phi) is 3.81. The van der Waals surface area contributed by atoms with Crippen molar-refractivity contribution >= 4 is 17.6 Å². The Balaban J connectivity index is 2.22. The molecule has 2 rings (SSSR count). The summed E-state index contributed by atoms with van der Waals surface area (Å²) in [7, 11) is 1.64. The molecule has 1 aromatic rings. The first-order valence-electron chi connectivity index (χ1n) is 6.56. The summed E-state index contributed by atoms with van der Waals surface area (Å²) in [5, 5.41) is 9.04. The minimum atomic E-state index is -0.982. The van der Waals surface area contributed by atoms with Gasteiger partial charge in [0.25, 0.3) is 0 Å². The largest absolute Gasteiger partial charge is 0.478 e. The first-order valence-corrected chi connectivity index (χ1v) is 6.56. The van der Waals surface area contributed by atoms with E-state index >= 15 is 0 Å². The topological polar surface area (TPSA) is 66.8 Å². The summed E-state index contributed by atoms with van der Waals surface area (Å²) in [6.07, 6.45) is 1.02. The van der Waals surface area contributed by atoms with Crippen LogP contribution in [0.2, 0.25) is 0 Å². The van der Waals surface area contributed by atoms with Gasteiger partial charge in [0.15, 0.2) is 0 Å². The number of nitrogens with zero attached hydrogens (tertiary/aromatic N) is 1. The molecule has 1 aliphatic heterocycles. The van der Waals surface area contributed by atoms with Crippen LogP contribution in [0.1, 0.15) is 36.2 Å². The second kappa shape index (κ2) is 5.25. The van der Waals surface area contributed by atoms with Crippen LogP contribution in [-0.2, 0) is 16.0 Å². The molecule has 0 aromatic heterocycles. The molecule has 0 saturated heterocycles. The van der Waals surface area contributed by atoms with Gasteiger partial charge in [0.2, 0.25) is 5.91 Å². The van der Waals surface area contributed by atoms with Crippen molar-refractivity contribution in [1.29, 1.82) is 0 Å². The van der Waals surface area contributed by atoms with Gasteiger partial charge in [0, 0.05) is 19.3 Å². The second-order valence-electron chi connectivity index (χ2n) is 5.58. The summed E-state index contributed by atoms with van der Waals surface area (Å²) >= 11 is 0. The SMILES string of the molecule is COC(C)(C)CCN1C(=O)Cc2ccc(C(=O)O)cc21. The summed E-state index contributed by atoms with van der Waals surface area (Å²) in [4.78, 5) is 24.7. The molecule has 0 saturated carbocycles. The number of ether oxygens (including phenoxy) is 1. The van der Waals surface area contributed by atoms with Gasteiger partial charge < -0.3 is 14.7 Å². The Hall–Kier alpha value is -1.88. The smallest absolute Gasteiger partial charge is 0.335 e. The van der Waals surface area contributed by atoms with E-state index in [9.17, 15) is 9.59 Å². The van der Waals surface area contributed by atoms with Gasteiger partial charge >= 0.3 is 5.97 Å². The number of benzene rings is 1. The molecule has 5 nitrogen and oxygen atoms in total. The van der Waals surface area contributed by atoms with Crippen molar-refractivity contribution in [2.24, 2.45) is 0 Å². The zero-order valence-corrected chi connectivity index (χ0v) is 12.0. The number of carboxylic acids is 1. The highest BCUT2D eigenvalue weighted by Crippen LogP contribution is 2.31. The van der Waals surface area contributed by atoms with E-state index in [1.165, 1.54) is 6.07 Å². The van der Waals surface area contributed by atoms with Crippen molar-refractivity contribution in [2.75, 3.05) is 18.6 Å². The zero-order chi connectivity index (χ0) is 14.9. The van der Waals surface area contributed by atoms with Crippen molar-refractivity contribution in [3.05, 3.63) is 29.3 Å². The number of rotatable bonds is 5. The molecule has 0 radical (unpaired) electrons. The fraction of sp³-hybridized carbons (Fsp3) is 0.467. The van der Waals surface area contributed by atoms with Crippen molar-refractivity contribution in [1.82, 2.24) is 0 Å². The molecule has 108 valence electrons. The molecule has 0 unspecified atom stereocenters. The average Bonchev–Trinajstić information content (AvgIpc) is 2.71. The number of aromatic carboxylic acids is 1. The van der Waals surface area contributed by atoms with E-state index < -0.39 is 5.97 Å². The van der Waals surface area contributed by atoms with E-state index in [-0.39, 0.29) is 17.1 Å². The Morgan fingerprint density at radius 1 is 1.45 bits per heavy atom. The van der Waals surface area contributed by atoms with E-state index in [4.69, 9.17) is 9.84 Å². The van der Waals surface area contributed by atoms with E-state index in [1.807, 2.05) is 13.8 Å². The Morgan fingerprint density at radius 3 is 2.75 bits per heavy atom. The van der Waals surface area contributed by atoms with Gasteiger partial charge in [-0.2, -0.15) is 0 Å². The van der Waals surface area contributed by atoms with Crippen LogP contribution >= 0.6 is 0 Å². The maximum atomic E-state index is 12.1. The number of hydrogen-bond acceptors (Lipinski definition) is 3. The molecule has 0 aliphatic carbocycles. The summed E-state index contributed by atoms with van der Waals surface area (Å²) < 4.78 is 5.35. The average molecular weight is 277 g/mol. The molecule has 0 fully saturated rings. The summed E-state index contributed by atoms with van der Waals surface area (Å²) in [5.74, 6) is -0.973. The molecule has 0 atom stereocenters. The lowest BCUT2D eigenvalue weighted by atomic mass is 10.0. The normalized spacial score (nSPS) is 14.6. The molecule has 0 spiro atoms. The molecule has 1 amide bonds. The van der Waals surface area contributed by atoms with E-state index in [1.54, 1.807) is 24.1 Å². The lowest BCUT2D eigenvalue weighted by Gasteiger charge is -2.26. The van der Waals surface area contributed by atoms with Crippen LogP contribution in [0, 0.1) is 0 Å². The molecular weight excluding hydrogens is 258 g/mol. The van der Waals surface area contributed by atoms with Gasteiger partial charge in [-0.3, -0.25) is 4.79 Å². The number of amides is 1. The number of anilines is 1. The third-order valence-corrected chi connectivity index (χ3v) is 3.76. The lowest BCUT2D eigenvalue weighted by Crippen LogP contribution is -2.34. The third kappa shape index (κ3) is 2.82. The van der Waals surface area contributed by atoms with Gasteiger partial charge in [0.1, 0.15) is 0 Å². The number of methoxy groups -OCH3 is 1. The van der Waals surface area contributed by atoms with Crippen LogP contribution in [-0.4, -0.2) is 36.2 Å². The molecule has 0 bridgehead atoms. The molecule has 1 aromatic carbocycles. The maximum absolute atomic E-state index is 12.1. The number of hydrogen-bond donors (Lipinski definition) is 1. The number of carbonyl (C=O) groups excluding carboxylic acids is 1. The molecule has 5 heteroatoms. The standard InChI is InChI=1S/C15H19NO4/c1-15(2,20-3)6-7-16-12-8-11(14(18)19)5-4-10(12)9-13(16)17/h4-5,8H,6-7,9H2,1-3H3,(H,18,19). The van der Waals surface area contributed by atoms with Crippen LogP contribution in [0.15, 0.2) is 18.2 Å². The highest BCUT2D eigenvalue weighted by molar-refractivity contribution is 6.03. The van der Waals surface area contributed by atoms with Crippen LogP contribution < -0.4 is 4.90 Å². The summed E-state index contributed by atoms with van der Waals surface area (Å²) in [6, 6.07) is 4.83. The molecule has 1 N–H and O–H groups in total. The van der Waals surface area contributed by atoms with Crippen LogP contribution in [0.5, 0.6) is 0 Å². The van der Waals surface area contributed by atoms with Crippen molar-refractivity contribution in [2.45, 2.75) is 32.3 Å². The quantitative estimate of drug-likeness (QED) is 0.895. The summed E-state index contributed by atoms with van der Waals surface area (Å²) in [5.41, 5.74) is 1.49. The van der Waals surface area contributed by atoms with E-state index in [2.05, 4.69) is 0 Å². The van der Waals surface area contributed by atoms with Crippen LogP contribution in [0.4, 0.5) is 5.69 Å². The number of fused-ring (bicyclic) bond motifs is 1. The van der Waals surface area contributed by atoms with Gasteiger partial charge in [0.05, 0.1) is 17.6 Å². The third-order valence-electron chi connectivity index (χ3n) is 3.76. The predicted octanol–water partition coefficient (Wildman–Crippen LogP) is 2.09. The van der Waals surface area contributed by atoms with E-state index in [0.29, 0.717) is 25.1 Å². The Morgan fingerprint density at radius 2 is 2.15 bits per heavy atom. The molecule has 20 heavy (non-hydrogen) atoms. The zero-order valence-electron chi connectivity index (χ0n) is 12.0. The van der Waals surface area contributed by atoms with Gasteiger partial charge in [-0.05, 0) is 38.0 Å².